The van der Waals surface area contributed by atoms with Gasteiger partial charge in [0, 0.05) is 24.6 Å². The third kappa shape index (κ3) is 3.37. The molecule has 0 atom stereocenters. The van der Waals surface area contributed by atoms with Crippen LogP contribution in [0.1, 0.15) is 21.6 Å². The lowest BCUT2D eigenvalue weighted by Gasteiger charge is -2.06. The molecular formula is C21H18N4O2. The zero-order valence-corrected chi connectivity index (χ0v) is 14.8. The molecule has 2 heterocycles. The SMILES string of the molecule is CNC(=O)c1cccc(-c2ccc3ncc(Cc4ccc(O)cc4)n3n2)c1. The van der Waals surface area contributed by atoms with E-state index in [1.807, 2.05) is 47.0 Å². The lowest BCUT2D eigenvalue weighted by atomic mass is 10.1. The molecule has 2 aromatic heterocycles. The van der Waals surface area contributed by atoms with Crippen molar-refractivity contribution in [3.05, 3.63) is 83.7 Å². The molecule has 6 heteroatoms. The fraction of sp³-hybridized carbons (Fsp3) is 0.0952. The Kier molecular flexibility index (Phi) is 4.30. The number of carbonyl (C=O) groups excluding carboxylic acids is 1. The monoisotopic (exact) mass is 358 g/mol. The van der Waals surface area contributed by atoms with Gasteiger partial charge in [-0.25, -0.2) is 9.50 Å². The average Bonchev–Trinajstić information content (AvgIpc) is 3.11. The quantitative estimate of drug-likeness (QED) is 0.588. The van der Waals surface area contributed by atoms with Gasteiger partial charge in [-0.3, -0.25) is 4.79 Å². The molecule has 27 heavy (non-hydrogen) atoms. The van der Waals surface area contributed by atoms with Gasteiger partial charge >= 0.3 is 0 Å². The zero-order chi connectivity index (χ0) is 18.8. The number of imidazole rings is 1. The van der Waals surface area contributed by atoms with Crippen molar-refractivity contribution in [3.63, 3.8) is 0 Å². The van der Waals surface area contributed by atoms with E-state index in [9.17, 15) is 9.90 Å². The van der Waals surface area contributed by atoms with Gasteiger partial charge in [-0.2, -0.15) is 5.10 Å². The van der Waals surface area contributed by atoms with Gasteiger partial charge < -0.3 is 10.4 Å². The highest BCUT2D eigenvalue weighted by molar-refractivity contribution is 5.95. The van der Waals surface area contributed by atoms with E-state index in [2.05, 4.69) is 10.3 Å². The van der Waals surface area contributed by atoms with Gasteiger partial charge in [0.2, 0.25) is 0 Å². The molecule has 6 nitrogen and oxygen atoms in total. The predicted molar refractivity (Wildman–Crippen MR) is 103 cm³/mol. The number of fused-ring (bicyclic) bond motifs is 1. The number of hydrogen-bond acceptors (Lipinski definition) is 4. The van der Waals surface area contributed by atoms with Gasteiger partial charge in [-0.1, -0.05) is 24.3 Å². The van der Waals surface area contributed by atoms with E-state index in [1.165, 1.54) is 0 Å². The largest absolute Gasteiger partial charge is 0.508 e. The molecule has 0 radical (unpaired) electrons. The molecule has 0 unspecified atom stereocenters. The molecule has 2 aromatic carbocycles. The van der Waals surface area contributed by atoms with Crippen LogP contribution in [0.4, 0.5) is 0 Å². The first kappa shape index (κ1) is 16.8. The van der Waals surface area contributed by atoms with E-state index in [0.717, 1.165) is 28.2 Å². The third-order valence-corrected chi connectivity index (χ3v) is 4.40. The molecule has 0 aliphatic carbocycles. The van der Waals surface area contributed by atoms with Gasteiger partial charge in [0.1, 0.15) is 5.75 Å². The molecule has 1 amide bonds. The van der Waals surface area contributed by atoms with E-state index < -0.39 is 0 Å². The van der Waals surface area contributed by atoms with Crippen LogP contribution in [0, 0.1) is 0 Å². The van der Waals surface area contributed by atoms with Crippen LogP contribution in [0.25, 0.3) is 16.9 Å². The summed E-state index contributed by atoms with van der Waals surface area (Å²) in [5, 5.41) is 16.8. The maximum Gasteiger partial charge on any atom is 0.251 e. The number of nitrogens with one attached hydrogen (secondary N) is 1. The maximum absolute atomic E-state index is 11.9. The minimum Gasteiger partial charge on any atom is -0.508 e. The highest BCUT2D eigenvalue weighted by Gasteiger charge is 2.10. The Balaban J connectivity index is 1.71. The summed E-state index contributed by atoms with van der Waals surface area (Å²) in [6.07, 6.45) is 2.45. The first-order chi connectivity index (χ1) is 13.1. The highest BCUT2D eigenvalue weighted by atomic mass is 16.3. The van der Waals surface area contributed by atoms with E-state index in [4.69, 9.17) is 5.10 Å². The number of phenolic OH excluding ortho intramolecular Hbond substituents is 1. The van der Waals surface area contributed by atoms with Crippen LogP contribution in [0.5, 0.6) is 5.75 Å². The molecule has 0 saturated carbocycles. The summed E-state index contributed by atoms with van der Waals surface area (Å²) in [6.45, 7) is 0. The Hall–Kier alpha value is -3.67. The number of rotatable bonds is 4. The van der Waals surface area contributed by atoms with Crippen molar-refractivity contribution in [1.82, 2.24) is 19.9 Å². The van der Waals surface area contributed by atoms with Crippen molar-refractivity contribution in [2.75, 3.05) is 7.05 Å². The van der Waals surface area contributed by atoms with Gasteiger partial charge in [0.25, 0.3) is 5.91 Å². The number of aromatic hydroxyl groups is 1. The molecule has 0 aliphatic heterocycles. The number of hydrogen-bond donors (Lipinski definition) is 2. The first-order valence-electron chi connectivity index (χ1n) is 8.58. The summed E-state index contributed by atoms with van der Waals surface area (Å²) < 4.78 is 1.81. The van der Waals surface area contributed by atoms with E-state index in [0.29, 0.717) is 12.0 Å². The number of nitrogens with zero attached hydrogens (tertiary/aromatic N) is 3. The van der Waals surface area contributed by atoms with Crippen LogP contribution < -0.4 is 5.32 Å². The number of benzene rings is 2. The van der Waals surface area contributed by atoms with Crippen LogP contribution in [-0.2, 0) is 6.42 Å². The minimum atomic E-state index is -0.131. The van der Waals surface area contributed by atoms with E-state index >= 15 is 0 Å². The van der Waals surface area contributed by atoms with Crippen molar-refractivity contribution in [1.29, 1.82) is 0 Å². The average molecular weight is 358 g/mol. The van der Waals surface area contributed by atoms with Gasteiger partial charge in [0.15, 0.2) is 5.65 Å². The fourth-order valence-electron chi connectivity index (χ4n) is 2.98. The summed E-state index contributed by atoms with van der Waals surface area (Å²) in [4.78, 5) is 16.3. The van der Waals surface area contributed by atoms with Crippen LogP contribution in [0.3, 0.4) is 0 Å². The predicted octanol–water partition coefficient (Wildman–Crippen LogP) is 3.05. The molecule has 4 aromatic rings. The second-order valence-electron chi connectivity index (χ2n) is 6.24. The number of phenols is 1. The maximum atomic E-state index is 11.9. The van der Waals surface area contributed by atoms with Gasteiger partial charge in [0.05, 0.1) is 17.6 Å². The second kappa shape index (κ2) is 6.92. The first-order valence-corrected chi connectivity index (χ1v) is 8.58. The molecule has 2 N–H and O–H groups in total. The van der Waals surface area contributed by atoms with Crippen LogP contribution in [0.2, 0.25) is 0 Å². The van der Waals surface area contributed by atoms with Crippen molar-refractivity contribution < 1.29 is 9.90 Å². The molecule has 134 valence electrons. The number of aromatic nitrogens is 3. The van der Waals surface area contributed by atoms with Crippen molar-refractivity contribution in [2.24, 2.45) is 0 Å². The highest BCUT2D eigenvalue weighted by Crippen LogP contribution is 2.20. The van der Waals surface area contributed by atoms with Crippen molar-refractivity contribution >= 4 is 11.6 Å². The molecular weight excluding hydrogens is 340 g/mol. The van der Waals surface area contributed by atoms with E-state index in [-0.39, 0.29) is 11.7 Å². The van der Waals surface area contributed by atoms with Crippen LogP contribution >= 0.6 is 0 Å². The number of amides is 1. The molecule has 0 fully saturated rings. The molecule has 0 aliphatic rings. The normalized spacial score (nSPS) is 10.9. The summed E-state index contributed by atoms with van der Waals surface area (Å²) in [5.74, 6) is 0.113. The Morgan fingerprint density at radius 1 is 1.11 bits per heavy atom. The lowest BCUT2D eigenvalue weighted by Crippen LogP contribution is -2.17. The summed E-state index contributed by atoms with van der Waals surface area (Å²) in [5.41, 5.74) is 4.98. The van der Waals surface area contributed by atoms with Gasteiger partial charge in [-0.15, -0.1) is 0 Å². The lowest BCUT2D eigenvalue weighted by molar-refractivity contribution is 0.0963. The van der Waals surface area contributed by atoms with Crippen molar-refractivity contribution in [2.45, 2.75) is 6.42 Å². The zero-order valence-electron chi connectivity index (χ0n) is 14.8. The minimum absolute atomic E-state index is 0.131. The Bertz CT molecular complexity index is 1120. The van der Waals surface area contributed by atoms with Crippen molar-refractivity contribution in [3.8, 4) is 17.0 Å². The molecule has 0 spiro atoms. The Labute approximate surface area is 156 Å². The smallest absolute Gasteiger partial charge is 0.251 e. The summed E-state index contributed by atoms with van der Waals surface area (Å²) >= 11 is 0. The van der Waals surface area contributed by atoms with Crippen LogP contribution in [-0.4, -0.2) is 32.7 Å². The standard InChI is InChI=1S/C21H18N4O2/c1-22-21(27)16-4-2-3-15(12-16)19-9-10-20-23-13-17(25(20)24-19)11-14-5-7-18(26)8-6-14/h2-10,12-13,26H,11H2,1H3,(H,22,27). The summed E-state index contributed by atoms with van der Waals surface area (Å²) in [7, 11) is 1.61. The third-order valence-electron chi connectivity index (χ3n) is 4.40. The van der Waals surface area contributed by atoms with Crippen LogP contribution in [0.15, 0.2) is 66.9 Å². The summed E-state index contributed by atoms with van der Waals surface area (Å²) in [6, 6.07) is 18.3. The Morgan fingerprint density at radius 2 is 1.93 bits per heavy atom. The van der Waals surface area contributed by atoms with E-state index in [1.54, 1.807) is 31.4 Å². The molecule has 0 bridgehead atoms. The molecule has 4 rings (SSSR count). The Morgan fingerprint density at radius 3 is 2.70 bits per heavy atom. The fourth-order valence-corrected chi connectivity index (χ4v) is 2.98. The second-order valence-corrected chi connectivity index (χ2v) is 6.24. The topological polar surface area (TPSA) is 79.5 Å². The number of carbonyl (C=O) groups is 1. The molecule has 0 saturated heterocycles. The van der Waals surface area contributed by atoms with Gasteiger partial charge in [-0.05, 0) is 42.0 Å².